The maximum atomic E-state index is 12.4. The number of nitrogen functional groups attached to an aromatic ring is 1. The number of rotatable bonds is 7. The maximum Gasteiger partial charge on any atom is 0.407 e. The molecule has 4 N–H and O–H groups in total. The number of ether oxygens (including phenoxy) is 2. The smallest absolute Gasteiger partial charge is 0.407 e. The van der Waals surface area contributed by atoms with Gasteiger partial charge in [0.2, 0.25) is 0 Å². The number of carbonyl (C=O) groups excluding carboxylic acids is 2. The minimum absolute atomic E-state index is 0.226. The van der Waals surface area contributed by atoms with Gasteiger partial charge in [-0.3, -0.25) is 4.79 Å². The van der Waals surface area contributed by atoms with E-state index < -0.39 is 11.7 Å². The van der Waals surface area contributed by atoms with Gasteiger partial charge in [-0.25, -0.2) is 4.79 Å². The van der Waals surface area contributed by atoms with Gasteiger partial charge < -0.3 is 25.8 Å². The fraction of sp³-hybridized carbons (Fsp3) is 0.231. The molecule has 33 heavy (non-hydrogen) atoms. The molecule has 0 unspecified atom stereocenters. The Morgan fingerprint density at radius 1 is 0.879 bits per heavy atom. The highest BCUT2D eigenvalue weighted by Gasteiger charge is 2.15. The lowest BCUT2D eigenvalue weighted by atomic mass is 10.1. The minimum atomic E-state index is -0.528. The molecule has 0 aliphatic heterocycles. The van der Waals surface area contributed by atoms with E-state index in [1.54, 1.807) is 24.3 Å². The summed E-state index contributed by atoms with van der Waals surface area (Å²) >= 11 is 0. The summed E-state index contributed by atoms with van der Waals surface area (Å²) in [6.07, 6.45) is -0.452. The van der Waals surface area contributed by atoms with E-state index in [0.717, 1.165) is 11.1 Å². The molecule has 0 saturated heterocycles. The quantitative estimate of drug-likeness (QED) is 0.436. The number of hydrogen-bond acceptors (Lipinski definition) is 5. The van der Waals surface area contributed by atoms with Crippen LogP contribution in [0.3, 0.4) is 0 Å². The number of nitrogens with one attached hydrogen (secondary N) is 2. The molecular formula is C26H29N3O4. The van der Waals surface area contributed by atoms with E-state index in [1.165, 1.54) is 0 Å². The molecule has 0 saturated carbocycles. The van der Waals surface area contributed by atoms with Crippen molar-refractivity contribution in [2.75, 3.05) is 11.1 Å². The SMILES string of the molecule is CC(C)(C)OC(=O)NCc1ccc(OCc2ccc(C(=O)Nc3ccccc3N)cc2)cc1. The highest BCUT2D eigenvalue weighted by molar-refractivity contribution is 6.05. The Hall–Kier alpha value is -4.00. The van der Waals surface area contributed by atoms with Crippen LogP contribution in [0.1, 0.15) is 42.3 Å². The Morgan fingerprint density at radius 3 is 2.15 bits per heavy atom. The predicted molar refractivity (Wildman–Crippen MR) is 129 cm³/mol. The Bertz CT molecular complexity index is 1090. The van der Waals surface area contributed by atoms with Crippen molar-refractivity contribution in [2.24, 2.45) is 0 Å². The van der Waals surface area contributed by atoms with Crippen LogP contribution in [-0.2, 0) is 17.9 Å². The predicted octanol–water partition coefficient (Wildman–Crippen LogP) is 5.12. The summed E-state index contributed by atoms with van der Waals surface area (Å²) in [5.41, 5.74) is 8.84. The first kappa shape index (κ1) is 23.7. The second-order valence-corrected chi connectivity index (χ2v) is 8.53. The van der Waals surface area contributed by atoms with Crippen molar-refractivity contribution in [1.82, 2.24) is 5.32 Å². The van der Waals surface area contributed by atoms with Gasteiger partial charge in [-0.05, 0) is 68.3 Å². The summed E-state index contributed by atoms with van der Waals surface area (Å²) < 4.78 is 11.0. The zero-order chi connectivity index (χ0) is 23.8. The van der Waals surface area contributed by atoms with E-state index in [9.17, 15) is 9.59 Å². The van der Waals surface area contributed by atoms with Gasteiger partial charge >= 0.3 is 6.09 Å². The third-order valence-corrected chi connectivity index (χ3v) is 4.59. The van der Waals surface area contributed by atoms with Gasteiger partial charge in [0.25, 0.3) is 5.91 Å². The third kappa shape index (κ3) is 7.57. The van der Waals surface area contributed by atoms with E-state index in [-0.39, 0.29) is 5.91 Å². The standard InChI is InChI=1S/C26H29N3O4/c1-26(2,3)33-25(31)28-16-18-10-14-21(15-11-18)32-17-19-8-12-20(13-9-19)24(30)29-23-7-5-4-6-22(23)27/h4-15H,16-17,27H2,1-3H3,(H,28,31)(H,29,30). The molecule has 7 nitrogen and oxygen atoms in total. The lowest BCUT2D eigenvalue weighted by Gasteiger charge is -2.19. The molecule has 7 heteroatoms. The molecule has 0 bridgehead atoms. The largest absolute Gasteiger partial charge is 0.489 e. The van der Waals surface area contributed by atoms with Crippen LogP contribution in [0, 0.1) is 0 Å². The van der Waals surface area contributed by atoms with Crippen LogP contribution in [0.5, 0.6) is 5.75 Å². The summed E-state index contributed by atoms with van der Waals surface area (Å²) in [6, 6.07) is 21.8. The van der Waals surface area contributed by atoms with Gasteiger partial charge in [-0.2, -0.15) is 0 Å². The van der Waals surface area contributed by atoms with Crippen LogP contribution in [0.15, 0.2) is 72.8 Å². The first-order valence-corrected chi connectivity index (χ1v) is 10.6. The Balaban J connectivity index is 1.47. The average molecular weight is 448 g/mol. The van der Waals surface area contributed by atoms with Crippen molar-refractivity contribution in [3.05, 3.63) is 89.5 Å². The average Bonchev–Trinajstić information content (AvgIpc) is 2.78. The molecule has 0 aliphatic carbocycles. The molecule has 0 fully saturated rings. The van der Waals surface area contributed by atoms with Gasteiger partial charge in [0.15, 0.2) is 0 Å². The molecule has 0 aromatic heterocycles. The minimum Gasteiger partial charge on any atom is -0.489 e. The second-order valence-electron chi connectivity index (χ2n) is 8.53. The second kappa shape index (κ2) is 10.5. The van der Waals surface area contributed by atoms with Crippen LogP contribution < -0.4 is 21.1 Å². The van der Waals surface area contributed by atoms with E-state index in [1.807, 2.05) is 69.3 Å². The fourth-order valence-corrected chi connectivity index (χ4v) is 2.92. The summed E-state index contributed by atoms with van der Waals surface area (Å²) in [5, 5.41) is 5.53. The van der Waals surface area contributed by atoms with Crippen LogP contribution >= 0.6 is 0 Å². The van der Waals surface area contributed by atoms with Crippen molar-refractivity contribution in [2.45, 2.75) is 39.5 Å². The van der Waals surface area contributed by atoms with Crippen LogP contribution in [-0.4, -0.2) is 17.6 Å². The molecule has 172 valence electrons. The van der Waals surface area contributed by atoms with Crippen LogP contribution in [0.25, 0.3) is 0 Å². The Morgan fingerprint density at radius 2 is 1.52 bits per heavy atom. The van der Waals surface area contributed by atoms with Crippen LogP contribution in [0.2, 0.25) is 0 Å². The van der Waals surface area contributed by atoms with E-state index >= 15 is 0 Å². The van der Waals surface area contributed by atoms with Crippen molar-refractivity contribution >= 4 is 23.4 Å². The molecule has 0 aliphatic rings. The van der Waals surface area contributed by atoms with Crippen molar-refractivity contribution in [3.8, 4) is 5.75 Å². The number of benzene rings is 3. The number of carbonyl (C=O) groups is 2. The summed E-state index contributed by atoms with van der Waals surface area (Å²) in [7, 11) is 0. The maximum absolute atomic E-state index is 12.4. The van der Waals surface area contributed by atoms with Crippen molar-refractivity contribution < 1.29 is 19.1 Å². The zero-order valence-electron chi connectivity index (χ0n) is 19.1. The van der Waals surface area contributed by atoms with Gasteiger partial charge in [0, 0.05) is 12.1 Å². The molecule has 3 aromatic rings. The number of para-hydroxylation sites is 2. The molecule has 0 spiro atoms. The van der Waals surface area contributed by atoms with E-state index in [0.29, 0.717) is 35.8 Å². The molecule has 3 rings (SSSR count). The van der Waals surface area contributed by atoms with Gasteiger partial charge in [0.05, 0.1) is 11.4 Å². The lowest BCUT2D eigenvalue weighted by Crippen LogP contribution is -2.32. The first-order chi connectivity index (χ1) is 15.7. The molecule has 3 aromatic carbocycles. The highest BCUT2D eigenvalue weighted by Crippen LogP contribution is 2.19. The Labute approximate surface area is 193 Å². The molecular weight excluding hydrogens is 418 g/mol. The monoisotopic (exact) mass is 447 g/mol. The highest BCUT2D eigenvalue weighted by atomic mass is 16.6. The lowest BCUT2D eigenvalue weighted by molar-refractivity contribution is 0.0523. The summed E-state index contributed by atoms with van der Waals surface area (Å²) in [4.78, 5) is 24.2. The summed E-state index contributed by atoms with van der Waals surface area (Å²) in [6.45, 7) is 6.20. The molecule has 0 radical (unpaired) electrons. The van der Waals surface area contributed by atoms with Gasteiger partial charge in [0.1, 0.15) is 18.0 Å². The topological polar surface area (TPSA) is 103 Å². The summed E-state index contributed by atoms with van der Waals surface area (Å²) in [5.74, 6) is 0.480. The van der Waals surface area contributed by atoms with Crippen molar-refractivity contribution in [3.63, 3.8) is 0 Å². The molecule has 0 atom stereocenters. The van der Waals surface area contributed by atoms with Crippen LogP contribution in [0.4, 0.5) is 16.2 Å². The third-order valence-electron chi connectivity index (χ3n) is 4.59. The van der Waals surface area contributed by atoms with Gasteiger partial charge in [-0.1, -0.05) is 36.4 Å². The molecule has 2 amide bonds. The molecule has 0 heterocycles. The fourth-order valence-electron chi connectivity index (χ4n) is 2.92. The first-order valence-electron chi connectivity index (χ1n) is 10.6. The van der Waals surface area contributed by atoms with E-state index in [4.69, 9.17) is 15.2 Å². The van der Waals surface area contributed by atoms with Gasteiger partial charge in [-0.15, -0.1) is 0 Å². The number of anilines is 2. The normalized spacial score (nSPS) is 10.9. The number of amides is 2. The van der Waals surface area contributed by atoms with Crippen molar-refractivity contribution in [1.29, 1.82) is 0 Å². The number of alkyl carbamates (subject to hydrolysis) is 1. The zero-order valence-corrected chi connectivity index (χ0v) is 19.1. The number of hydrogen-bond donors (Lipinski definition) is 3. The Kier molecular flexibility index (Phi) is 7.56. The van der Waals surface area contributed by atoms with E-state index in [2.05, 4.69) is 10.6 Å². The number of nitrogens with two attached hydrogens (primary N) is 1.